The number of amidine groups is 1. The minimum atomic E-state index is -0.475. The highest BCUT2D eigenvalue weighted by Crippen LogP contribution is 2.29. The monoisotopic (exact) mass is 384 g/mol. The molecule has 0 saturated carbocycles. The summed E-state index contributed by atoms with van der Waals surface area (Å²) < 4.78 is 0. The van der Waals surface area contributed by atoms with Gasteiger partial charge in [0, 0.05) is 19.3 Å². The van der Waals surface area contributed by atoms with Crippen LogP contribution >= 0.6 is 11.8 Å². The number of urea groups is 1. The summed E-state index contributed by atoms with van der Waals surface area (Å²) in [6.45, 7) is 4.70. The van der Waals surface area contributed by atoms with E-state index in [1.807, 2.05) is 4.90 Å². The highest BCUT2D eigenvalue weighted by atomic mass is 32.2. The zero-order valence-corrected chi connectivity index (χ0v) is 16.9. The van der Waals surface area contributed by atoms with Crippen LogP contribution in [0.25, 0.3) is 0 Å². The molecular formula is C18H32N4O3S. The van der Waals surface area contributed by atoms with Gasteiger partial charge in [-0.1, -0.05) is 57.2 Å². The maximum absolute atomic E-state index is 12.4. The Morgan fingerprint density at radius 3 is 2.50 bits per heavy atom. The Morgan fingerprint density at radius 2 is 1.85 bits per heavy atom. The second-order valence-electron chi connectivity index (χ2n) is 7.15. The van der Waals surface area contributed by atoms with Crippen molar-refractivity contribution in [1.82, 2.24) is 15.1 Å². The first-order valence-corrected chi connectivity index (χ1v) is 10.7. The summed E-state index contributed by atoms with van der Waals surface area (Å²) in [5, 5.41) is 12.8. The third-order valence-electron chi connectivity index (χ3n) is 4.78. The average molecular weight is 385 g/mol. The standard InChI is InChI=1S/C18H32N4O3S/c1-4-5-6-7-8-9-10-11-22-14-15(19-18(22)26-12-13(2)23)21(3)17(25)20-16(14)24/h13-15,23H,4-12H2,1-3H3,(H,20,24,25). The van der Waals surface area contributed by atoms with E-state index in [4.69, 9.17) is 0 Å². The van der Waals surface area contributed by atoms with Gasteiger partial charge in [0.2, 0.25) is 0 Å². The Morgan fingerprint density at radius 1 is 1.19 bits per heavy atom. The predicted molar refractivity (Wildman–Crippen MR) is 105 cm³/mol. The lowest BCUT2D eigenvalue weighted by atomic mass is 10.1. The number of carbonyl (C=O) groups excluding carboxylic acids is 2. The summed E-state index contributed by atoms with van der Waals surface area (Å²) in [7, 11) is 1.66. The molecule has 0 aromatic heterocycles. The van der Waals surface area contributed by atoms with Crippen LogP contribution < -0.4 is 5.32 Å². The molecule has 26 heavy (non-hydrogen) atoms. The first-order valence-electron chi connectivity index (χ1n) is 9.68. The van der Waals surface area contributed by atoms with Gasteiger partial charge in [0.15, 0.2) is 17.4 Å². The van der Waals surface area contributed by atoms with Crippen LogP contribution in [0.2, 0.25) is 0 Å². The van der Waals surface area contributed by atoms with Gasteiger partial charge in [-0.25, -0.2) is 9.79 Å². The Bertz CT molecular complexity index is 527. The summed E-state index contributed by atoms with van der Waals surface area (Å²) in [6, 6.07) is -0.869. The molecule has 1 fully saturated rings. The van der Waals surface area contributed by atoms with Gasteiger partial charge in [-0.2, -0.15) is 0 Å². The van der Waals surface area contributed by atoms with Crippen LogP contribution in [0, 0.1) is 0 Å². The maximum atomic E-state index is 12.4. The lowest BCUT2D eigenvalue weighted by molar-refractivity contribution is -0.127. The van der Waals surface area contributed by atoms with Crippen LogP contribution in [0.4, 0.5) is 4.79 Å². The topological polar surface area (TPSA) is 85.2 Å². The number of nitrogens with one attached hydrogen (secondary N) is 1. The average Bonchev–Trinajstić information content (AvgIpc) is 2.96. The molecule has 0 radical (unpaired) electrons. The molecule has 7 nitrogen and oxygen atoms in total. The zero-order valence-electron chi connectivity index (χ0n) is 16.1. The second-order valence-corrected chi connectivity index (χ2v) is 8.14. The number of unbranched alkanes of at least 4 members (excludes halogenated alkanes) is 6. The number of fused-ring (bicyclic) bond motifs is 1. The minimum Gasteiger partial charge on any atom is -0.393 e. The minimum absolute atomic E-state index is 0.280. The highest BCUT2D eigenvalue weighted by molar-refractivity contribution is 8.13. The number of thioether (sulfide) groups is 1. The van der Waals surface area contributed by atoms with Gasteiger partial charge in [-0.05, 0) is 13.3 Å². The van der Waals surface area contributed by atoms with Crippen molar-refractivity contribution < 1.29 is 14.7 Å². The van der Waals surface area contributed by atoms with Crippen LogP contribution in [0.5, 0.6) is 0 Å². The number of nitrogens with zero attached hydrogens (tertiary/aromatic N) is 3. The Labute approximate surface area is 160 Å². The fourth-order valence-corrected chi connectivity index (χ4v) is 4.23. The number of amides is 3. The molecule has 0 bridgehead atoms. The molecule has 3 unspecified atom stereocenters. The molecule has 1 saturated heterocycles. The molecule has 3 amide bonds. The molecular weight excluding hydrogens is 352 g/mol. The van der Waals surface area contributed by atoms with Gasteiger partial charge in [-0.3, -0.25) is 10.1 Å². The number of aliphatic imine (C=N–C) groups is 1. The van der Waals surface area contributed by atoms with Gasteiger partial charge in [0.1, 0.15) is 0 Å². The molecule has 3 atom stereocenters. The molecule has 2 rings (SSSR count). The number of likely N-dealkylation sites (N-methyl/N-ethyl adjacent to an activating group) is 1. The quantitative estimate of drug-likeness (QED) is 0.565. The molecule has 2 aliphatic heterocycles. The molecule has 0 aromatic carbocycles. The van der Waals surface area contributed by atoms with Crippen molar-refractivity contribution in [1.29, 1.82) is 0 Å². The SMILES string of the molecule is CCCCCCCCCN1C(SCC(C)O)=NC2C1C(=O)NC(=O)N2C. The molecule has 2 aliphatic rings. The molecule has 0 spiro atoms. The Kier molecular flexibility index (Phi) is 8.21. The summed E-state index contributed by atoms with van der Waals surface area (Å²) in [4.78, 5) is 32.4. The van der Waals surface area contributed by atoms with Crippen LogP contribution in [0.3, 0.4) is 0 Å². The first kappa shape index (κ1) is 21.0. The molecule has 0 aromatic rings. The number of carbonyl (C=O) groups is 2. The molecule has 2 heterocycles. The third kappa shape index (κ3) is 5.36. The third-order valence-corrected chi connectivity index (χ3v) is 6.03. The van der Waals surface area contributed by atoms with Crippen LogP contribution in [-0.4, -0.2) is 69.7 Å². The fraction of sp³-hybridized carbons (Fsp3) is 0.833. The van der Waals surface area contributed by atoms with E-state index in [-0.39, 0.29) is 5.91 Å². The Balaban J connectivity index is 1.95. The number of aliphatic hydroxyl groups excluding tert-OH is 1. The molecule has 8 heteroatoms. The van der Waals surface area contributed by atoms with E-state index < -0.39 is 24.3 Å². The van der Waals surface area contributed by atoms with E-state index in [0.717, 1.165) is 24.6 Å². The van der Waals surface area contributed by atoms with Crippen LogP contribution in [-0.2, 0) is 4.79 Å². The summed E-state index contributed by atoms with van der Waals surface area (Å²) >= 11 is 1.45. The highest BCUT2D eigenvalue weighted by Gasteiger charge is 2.48. The summed E-state index contributed by atoms with van der Waals surface area (Å²) in [5.74, 6) is 0.239. The van der Waals surface area contributed by atoms with Crippen molar-refractivity contribution in [3.05, 3.63) is 0 Å². The normalized spacial score (nSPS) is 23.8. The predicted octanol–water partition coefficient (Wildman–Crippen LogP) is 2.40. The van der Waals surface area contributed by atoms with Gasteiger partial charge >= 0.3 is 6.03 Å². The number of hydrogen-bond donors (Lipinski definition) is 2. The van der Waals surface area contributed by atoms with E-state index in [9.17, 15) is 14.7 Å². The van der Waals surface area contributed by atoms with Crippen molar-refractivity contribution in [3.8, 4) is 0 Å². The van der Waals surface area contributed by atoms with Crippen molar-refractivity contribution >= 4 is 28.9 Å². The Hall–Kier alpha value is -1.28. The van der Waals surface area contributed by atoms with Crippen LogP contribution in [0.1, 0.15) is 58.8 Å². The van der Waals surface area contributed by atoms with Gasteiger partial charge in [0.25, 0.3) is 5.91 Å². The van der Waals surface area contributed by atoms with Crippen molar-refractivity contribution in [2.75, 3.05) is 19.3 Å². The zero-order chi connectivity index (χ0) is 19.1. The summed E-state index contributed by atoms with van der Waals surface area (Å²) in [6.07, 6.45) is 7.50. The van der Waals surface area contributed by atoms with E-state index in [1.165, 1.54) is 48.8 Å². The number of aliphatic hydroxyl groups is 1. The number of hydrogen-bond acceptors (Lipinski definition) is 6. The maximum Gasteiger partial charge on any atom is 0.325 e. The van der Waals surface area contributed by atoms with Crippen molar-refractivity contribution in [2.24, 2.45) is 4.99 Å². The van der Waals surface area contributed by atoms with Crippen LogP contribution in [0.15, 0.2) is 4.99 Å². The number of rotatable bonds is 10. The first-order chi connectivity index (χ1) is 12.5. The lowest BCUT2D eigenvalue weighted by Gasteiger charge is -2.36. The molecule has 0 aliphatic carbocycles. The summed E-state index contributed by atoms with van der Waals surface area (Å²) in [5.41, 5.74) is 0. The molecule has 2 N–H and O–H groups in total. The van der Waals surface area contributed by atoms with Gasteiger partial charge in [0.05, 0.1) is 6.10 Å². The second kappa shape index (κ2) is 10.2. The van der Waals surface area contributed by atoms with Gasteiger partial charge in [-0.15, -0.1) is 0 Å². The smallest absolute Gasteiger partial charge is 0.325 e. The molecule has 148 valence electrons. The van der Waals surface area contributed by atoms with Gasteiger partial charge < -0.3 is 14.9 Å². The van der Waals surface area contributed by atoms with E-state index >= 15 is 0 Å². The number of imide groups is 1. The van der Waals surface area contributed by atoms with E-state index in [2.05, 4.69) is 17.2 Å². The van der Waals surface area contributed by atoms with Crippen molar-refractivity contribution in [3.63, 3.8) is 0 Å². The largest absolute Gasteiger partial charge is 0.393 e. The van der Waals surface area contributed by atoms with Crippen molar-refractivity contribution in [2.45, 2.75) is 77.1 Å². The van der Waals surface area contributed by atoms with E-state index in [0.29, 0.717) is 5.75 Å². The lowest BCUT2D eigenvalue weighted by Crippen LogP contribution is -2.63. The van der Waals surface area contributed by atoms with E-state index in [1.54, 1.807) is 14.0 Å². The fourth-order valence-electron chi connectivity index (χ4n) is 3.29.